The first-order chi connectivity index (χ1) is 4.99. The summed E-state index contributed by atoms with van der Waals surface area (Å²) < 4.78 is 21.4. The maximum atomic E-state index is 10.7. The first-order valence-electron chi connectivity index (χ1n) is 3.91. The Bertz CT molecular complexity index is 223. The van der Waals surface area contributed by atoms with Crippen LogP contribution >= 0.6 is 10.7 Å². The number of hydrogen-bond donors (Lipinski definition) is 0. The third-order valence-corrected chi connectivity index (χ3v) is 3.66. The summed E-state index contributed by atoms with van der Waals surface area (Å²) in [4.78, 5) is 0. The van der Waals surface area contributed by atoms with Gasteiger partial charge in [-0.3, -0.25) is 0 Å². The molecule has 2 unspecified atom stereocenters. The van der Waals surface area contributed by atoms with Crippen molar-refractivity contribution in [1.29, 1.82) is 0 Å². The Morgan fingerprint density at radius 1 is 1.45 bits per heavy atom. The quantitative estimate of drug-likeness (QED) is 0.633. The normalized spacial score (nSPS) is 32.5. The third-order valence-electron chi connectivity index (χ3n) is 2.45. The second-order valence-corrected chi connectivity index (χ2v) is 6.20. The molecule has 0 aromatic rings. The molecule has 0 saturated heterocycles. The number of rotatable bonds is 2. The fraction of sp³-hybridized carbons (Fsp3) is 1.00. The summed E-state index contributed by atoms with van der Waals surface area (Å²) in [6, 6.07) is 0. The Balaban J connectivity index is 2.50. The minimum absolute atomic E-state index is 0.162. The summed E-state index contributed by atoms with van der Waals surface area (Å²) in [5.74, 6) is 0.997. The molecule has 0 spiro atoms. The highest BCUT2D eigenvalue weighted by Gasteiger charge is 2.27. The van der Waals surface area contributed by atoms with E-state index in [1.807, 2.05) is 0 Å². The molecule has 1 saturated carbocycles. The molecule has 1 aliphatic carbocycles. The average Bonchev–Trinajstić information content (AvgIpc) is 2.12. The fourth-order valence-electron chi connectivity index (χ4n) is 1.73. The highest BCUT2D eigenvalue weighted by molar-refractivity contribution is 8.13. The van der Waals surface area contributed by atoms with E-state index in [4.69, 9.17) is 10.7 Å². The van der Waals surface area contributed by atoms with Gasteiger partial charge in [0.1, 0.15) is 0 Å². The fourth-order valence-corrected chi connectivity index (χ4v) is 3.22. The lowest BCUT2D eigenvalue weighted by molar-refractivity contribution is 0.455. The van der Waals surface area contributed by atoms with E-state index in [1.54, 1.807) is 0 Å². The molecule has 0 heterocycles. The van der Waals surface area contributed by atoms with Crippen LogP contribution in [0, 0.1) is 11.8 Å². The van der Waals surface area contributed by atoms with Crippen molar-refractivity contribution in [3.05, 3.63) is 0 Å². The van der Waals surface area contributed by atoms with Crippen LogP contribution in [-0.4, -0.2) is 14.2 Å². The molecule has 0 aromatic carbocycles. The lowest BCUT2D eigenvalue weighted by Crippen LogP contribution is -2.13. The largest absolute Gasteiger partial charge is 0.232 e. The van der Waals surface area contributed by atoms with Gasteiger partial charge in [-0.25, -0.2) is 8.42 Å². The predicted octanol–water partition coefficient (Wildman–Crippen LogP) is 1.99. The summed E-state index contributed by atoms with van der Waals surface area (Å²) in [5, 5.41) is 0. The van der Waals surface area contributed by atoms with E-state index in [0.717, 1.165) is 19.3 Å². The molecular formula is C7H13ClO2S. The molecular weight excluding hydrogens is 184 g/mol. The molecule has 0 N–H and O–H groups in total. The van der Waals surface area contributed by atoms with Crippen LogP contribution in [0.25, 0.3) is 0 Å². The third kappa shape index (κ3) is 2.99. The molecule has 0 amide bonds. The van der Waals surface area contributed by atoms with Crippen LogP contribution < -0.4 is 0 Å². The summed E-state index contributed by atoms with van der Waals surface area (Å²) in [5.41, 5.74) is 0. The van der Waals surface area contributed by atoms with Crippen LogP contribution in [0.3, 0.4) is 0 Å². The van der Waals surface area contributed by atoms with E-state index in [1.165, 1.54) is 0 Å². The number of halogens is 1. The first kappa shape index (κ1) is 9.33. The average molecular weight is 197 g/mol. The summed E-state index contributed by atoms with van der Waals surface area (Å²) >= 11 is 0. The Labute approximate surface area is 72.4 Å². The van der Waals surface area contributed by atoms with Crippen molar-refractivity contribution < 1.29 is 8.42 Å². The van der Waals surface area contributed by atoms with Crippen LogP contribution in [0.2, 0.25) is 0 Å². The van der Waals surface area contributed by atoms with Gasteiger partial charge in [0, 0.05) is 10.7 Å². The van der Waals surface area contributed by atoms with Crippen LogP contribution in [0.15, 0.2) is 0 Å². The van der Waals surface area contributed by atoms with E-state index in [9.17, 15) is 8.42 Å². The van der Waals surface area contributed by atoms with Gasteiger partial charge in [0.15, 0.2) is 0 Å². The zero-order valence-electron chi connectivity index (χ0n) is 6.59. The summed E-state index contributed by atoms with van der Waals surface area (Å²) in [7, 11) is 1.88. The molecule has 0 aromatic heterocycles. The minimum Gasteiger partial charge on any atom is -0.212 e. The van der Waals surface area contributed by atoms with E-state index < -0.39 is 9.05 Å². The zero-order chi connectivity index (χ0) is 8.48. The monoisotopic (exact) mass is 196 g/mol. The van der Waals surface area contributed by atoms with Crippen molar-refractivity contribution in [2.45, 2.75) is 26.2 Å². The summed E-state index contributed by atoms with van der Waals surface area (Å²) in [6.45, 7) is 2.10. The van der Waals surface area contributed by atoms with Crippen molar-refractivity contribution >= 4 is 19.7 Å². The zero-order valence-corrected chi connectivity index (χ0v) is 8.16. The van der Waals surface area contributed by atoms with Crippen LogP contribution in [0.4, 0.5) is 0 Å². The molecule has 2 atom stereocenters. The lowest BCUT2D eigenvalue weighted by Gasteiger charge is -2.11. The minimum atomic E-state index is -3.27. The highest BCUT2D eigenvalue weighted by Crippen LogP contribution is 2.32. The molecule has 2 nitrogen and oxygen atoms in total. The number of hydrogen-bond acceptors (Lipinski definition) is 2. The molecule has 0 bridgehead atoms. The van der Waals surface area contributed by atoms with Gasteiger partial charge < -0.3 is 0 Å². The molecule has 66 valence electrons. The first-order valence-corrected chi connectivity index (χ1v) is 6.39. The second kappa shape index (κ2) is 3.31. The van der Waals surface area contributed by atoms with Crippen molar-refractivity contribution in [2.24, 2.45) is 11.8 Å². The van der Waals surface area contributed by atoms with Crippen molar-refractivity contribution in [3.63, 3.8) is 0 Å². The van der Waals surface area contributed by atoms with Gasteiger partial charge in [-0.05, 0) is 18.3 Å². The predicted molar refractivity (Wildman–Crippen MR) is 46.1 cm³/mol. The van der Waals surface area contributed by atoms with E-state index >= 15 is 0 Å². The molecule has 4 heteroatoms. The van der Waals surface area contributed by atoms with Gasteiger partial charge in [-0.15, -0.1) is 0 Å². The Morgan fingerprint density at radius 2 is 2.09 bits per heavy atom. The maximum Gasteiger partial charge on any atom is 0.232 e. The lowest BCUT2D eigenvalue weighted by atomic mass is 10.0. The van der Waals surface area contributed by atoms with E-state index in [-0.39, 0.29) is 5.75 Å². The van der Waals surface area contributed by atoms with Crippen LogP contribution in [-0.2, 0) is 9.05 Å². The Morgan fingerprint density at radius 3 is 2.45 bits per heavy atom. The Kier molecular flexibility index (Phi) is 2.81. The molecule has 1 aliphatic rings. The summed E-state index contributed by atoms with van der Waals surface area (Å²) in [6.07, 6.45) is 3.32. The van der Waals surface area contributed by atoms with Gasteiger partial charge in [-0.2, -0.15) is 0 Å². The van der Waals surface area contributed by atoms with Gasteiger partial charge in [0.05, 0.1) is 5.75 Å². The van der Waals surface area contributed by atoms with Crippen molar-refractivity contribution in [1.82, 2.24) is 0 Å². The smallest absolute Gasteiger partial charge is 0.212 e. The van der Waals surface area contributed by atoms with Gasteiger partial charge in [0.25, 0.3) is 0 Å². The SMILES string of the molecule is CC1CCCC1CS(=O)(=O)Cl. The topological polar surface area (TPSA) is 34.1 Å². The van der Waals surface area contributed by atoms with Crippen LogP contribution in [0.5, 0.6) is 0 Å². The molecule has 1 rings (SSSR count). The van der Waals surface area contributed by atoms with Gasteiger partial charge in [0.2, 0.25) is 9.05 Å². The van der Waals surface area contributed by atoms with Gasteiger partial charge >= 0.3 is 0 Å². The van der Waals surface area contributed by atoms with E-state index in [2.05, 4.69) is 6.92 Å². The maximum absolute atomic E-state index is 10.7. The standard InChI is InChI=1S/C7H13ClO2S/c1-6-3-2-4-7(6)5-11(8,9)10/h6-7H,2-5H2,1H3. The van der Waals surface area contributed by atoms with Crippen LogP contribution in [0.1, 0.15) is 26.2 Å². The molecule has 0 radical (unpaired) electrons. The molecule has 1 fully saturated rings. The Hall–Kier alpha value is 0.240. The molecule has 0 aliphatic heterocycles. The van der Waals surface area contributed by atoms with Crippen molar-refractivity contribution in [3.8, 4) is 0 Å². The highest BCUT2D eigenvalue weighted by atomic mass is 35.7. The van der Waals surface area contributed by atoms with E-state index in [0.29, 0.717) is 11.8 Å². The van der Waals surface area contributed by atoms with Crippen molar-refractivity contribution in [2.75, 3.05) is 5.75 Å². The van der Waals surface area contributed by atoms with Gasteiger partial charge in [-0.1, -0.05) is 19.8 Å². The second-order valence-electron chi connectivity index (χ2n) is 3.37. The molecule has 11 heavy (non-hydrogen) atoms.